The van der Waals surface area contributed by atoms with E-state index in [1.165, 1.54) is 5.56 Å². The molecule has 3 N–H and O–H groups in total. The maximum atomic E-state index is 9.66. The molecule has 0 saturated heterocycles. The van der Waals surface area contributed by atoms with Gasteiger partial charge in [0.1, 0.15) is 5.75 Å². The fourth-order valence-corrected chi connectivity index (χ4v) is 1.98. The predicted octanol–water partition coefficient (Wildman–Crippen LogP) is 1.51. The zero-order valence-corrected chi connectivity index (χ0v) is 10.2. The van der Waals surface area contributed by atoms with Crippen LogP contribution in [0, 0.1) is 0 Å². The van der Waals surface area contributed by atoms with Crippen molar-refractivity contribution in [3.63, 3.8) is 0 Å². The fourth-order valence-electron chi connectivity index (χ4n) is 1.98. The van der Waals surface area contributed by atoms with Crippen LogP contribution in [-0.4, -0.2) is 24.4 Å². The molecule has 3 heteroatoms. The minimum atomic E-state index is -0.446. The molecule has 0 heterocycles. The third-order valence-electron chi connectivity index (χ3n) is 2.81. The predicted molar refractivity (Wildman–Crippen MR) is 65.7 cm³/mol. The van der Waals surface area contributed by atoms with Crippen molar-refractivity contribution in [2.75, 3.05) is 7.11 Å². The van der Waals surface area contributed by atoms with E-state index in [1.54, 1.807) is 7.11 Å². The number of nitrogens with two attached hydrogens (primary N) is 1. The van der Waals surface area contributed by atoms with E-state index >= 15 is 0 Å². The first-order valence-electron chi connectivity index (χ1n) is 5.80. The van der Waals surface area contributed by atoms with Crippen LogP contribution < -0.4 is 10.5 Å². The Labute approximate surface area is 97.2 Å². The summed E-state index contributed by atoms with van der Waals surface area (Å²) in [6, 6.07) is 5.78. The van der Waals surface area contributed by atoms with Gasteiger partial charge in [-0.3, -0.25) is 0 Å². The summed E-state index contributed by atoms with van der Waals surface area (Å²) in [6.45, 7) is 4.00. The van der Waals surface area contributed by atoms with E-state index < -0.39 is 6.10 Å². The third kappa shape index (κ3) is 2.54. The van der Waals surface area contributed by atoms with Crippen molar-refractivity contribution < 1.29 is 9.84 Å². The standard InChI is InChI=1S/C11H15NO2.C2H6/c1-14-11-4-2-3-7-5-9(12)10(13)6-8(7)11;1-2/h2-4,9-10,13H,5-6,12H2,1H3;1-2H3/t9?,10-;/m1./s1. The highest BCUT2D eigenvalue weighted by Crippen LogP contribution is 2.28. The zero-order chi connectivity index (χ0) is 12.1. The van der Waals surface area contributed by atoms with Crippen molar-refractivity contribution in [1.82, 2.24) is 0 Å². The minimum Gasteiger partial charge on any atom is -0.496 e. The number of hydrogen-bond acceptors (Lipinski definition) is 3. The molecule has 0 spiro atoms. The van der Waals surface area contributed by atoms with E-state index in [9.17, 15) is 5.11 Å². The van der Waals surface area contributed by atoms with E-state index in [0.29, 0.717) is 6.42 Å². The average Bonchev–Trinajstić information content (AvgIpc) is 2.32. The van der Waals surface area contributed by atoms with Gasteiger partial charge in [0.2, 0.25) is 0 Å². The zero-order valence-electron chi connectivity index (χ0n) is 10.2. The van der Waals surface area contributed by atoms with Crippen LogP contribution in [0.5, 0.6) is 5.75 Å². The van der Waals surface area contributed by atoms with Crippen LogP contribution >= 0.6 is 0 Å². The molecule has 1 aliphatic carbocycles. The Morgan fingerprint density at radius 1 is 1.31 bits per heavy atom. The highest BCUT2D eigenvalue weighted by Gasteiger charge is 2.25. The van der Waals surface area contributed by atoms with E-state index in [1.807, 2.05) is 32.0 Å². The first-order valence-corrected chi connectivity index (χ1v) is 5.80. The van der Waals surface area contributed by atoms with E-state index in [-0.39, 0.29) is 6.04 Å². The molecule has 0 aromatic heterocycles. The summed E-state index contributed by atoms with van der Waals surface area (Å²) < 4.78 is 5.24. The molecular weight excluding hydrogens is 202 g/mol. The second kappa shape index (κ2) is 5.87. The molecule has 90 valence electrons. The summed E-state index contributed by atoms with van der Waals surface area (Å²) in [5.74, 6) is 0.855. The molecule has 0 saturated carbocycles. The number of aliphatic hydroxyl groups is 1. The van der Waals surface area contributed by atoms with Crippen molar-refractivity contribution in [3.8, 4) is 5.75 Å². The molecule has 0 amide bonds. The lowest BCUT2D eigenvalue weighted by Crippen LogP contribution is -2.41. The van der Waals surface area contributed by atoms with Crippen molar-refractivity contribution in [2.24, 2.45) is 5.73 Å². The lowest BCUT2D eigenvalue weighted by atomic mass is 9.86. The minimum absolute atomic E-state index is 0.144. The molecule has 0 fully saturated rings. The molecular formula is C13H21NO2. The molecule has 1 aromatic rings. The molecule has 0 aliphatic heterocycles. The van der Waals surface area contributed by atoms with Crippen LogP contribution in [0.4, 0.5) is 0 Å². The highest BCUT2D eigenvalue weighted by molar-refractivity contribution is 5.43. The Bertz CT molecular complexity index is 339. The van der Waals surface area contributed by atoms with Gasteiger partial charge < -0.3 is 15.6 Å². The number of benzene rings is 1. The van der Waals surface area contributed by atoms with Gasteiger partial charge in [0, 0.05) is 12.5 Å². The maximum Gasteiger partial charge on any atom is 0.122 e. The Kier molecular flexibility index (Phi) is 4.77. The summed E-state index contributed by atoms with van der Waals surface area (Å²) in [5, 5.41) is 9.66. The van der Waals surface area contributed by atoms with Gasteiger partial charge >= 0.3 is 0 Å². The smallest absolute Gasteiger partial charge is 0.122 e. The van der Waals surface area contributed by atoms with Crippen LogP contribution in [0.2, 0.25) is 0 Å². The summed E-state index contributed by atoms with van der Waals surface area (Å²) in [7, 11) is 1.65. The number of methoxy groups -OCH3 is 1. The Morgan fingerprint density at radius 3 is 2.62 bits per heavy atom. The van der Waals surface area contributed by atoms with Crippen LogP contribution in [0.15, 0.2) is 18.2 Å². The van der Waals surface area contributed by atoms with E-state index in [0.717, 1.165) is 17.7 Å². The molecule has 1 aromatic carbocycles. The number of aliphatic hydroxyl groups excluding tert-OH is 1. The van der Waals surface area contributed by atoms with Crippen LogP contribution in [0.3, 0.4) is 0 Å². The van der Waals surface area contributed by atoms with Gasteiger partial charge in [-0.15, -0.1) is 0 Å². The molecule has 1 unspecified atom stereocenters. The lowest BCUT2D eigenvalue weighted by Gasteiger charge is -2.27. The SMILES string of the molecule is CC.COc1cccc2c1C[C@@H](O)C(N)C2. The topological polar surface area (TPSA) is 55.5 Å². The number of ether oxygens (including phenoxy) is 1. The largest absolute Gasteiger partial charge is 0.496 e. The van der Waals surface area contributed by atoms with Crippen LogP contribution in [0.25, 0.3) is 0 Å². The van der Waals surface area contributed by atoms with Crippen molar-refractivity contribution in [2.45, 2.75) is 38.8 Å². The van der Waals surface area contributed by atoms with E-state index in [2.05, 4.69) is 0 Å². The maximum absolute atomic E-state index is 9.66. The van der Waals surface area contributed by atoms with Crippen LogP contribution in [-0.2, 0) is 12.8 Å². The summed E-state index contributed by atoms with van der Waals surface area (Å²) in [6.07, 6.45) is 0.882. The average molecular weight is 223 g/mol. The normalized spacial score (nSPS) is 22.8. The van der Waals surface area contributed by atoms with Gasteiger partial charge in [0.05, 0.1) is 13.2 Å². The molecule has 2 atom stereocenters. The second-order valence-corrected chi connectivity index (χ2v) is 3.74. The van der Waals surface area contributed by atoms with Gasteiger partial charge in [-0.2, -0.15) is 0 Å². The Hall–Kier alpha value is -1.06. The quantitative estimate of drug-likeness (QED) is 0.758. The first-order chi connectivity index (χ1) is 7.72. The van der Waals surface area contributed by atoms with Gasteiger partial charge in [-0.1, -0.05) is 26.0 Å². The van der Waals surface area contributed by atoms with E-state index in [4.69, 9.17) is 10.5 Å². The number of rotatable bonds is 1. The second-order valence-electron chi connectivity index (χ2n) is 3.74. The number of fused-ring (bicyclic) bond motifs is 1. The Balaban J connectivity index is 0.000000606. The molecule has 2 rings (SSSR count). The number of hydrogen-bond donors (Lipinski definition) is 2. The van der Waals surface area contributed by atoms with Gasteiger partial charge in [0.15, 0.2) is 0 Å². The van der Waals surface area contributed by atoms with Gasteiger partial charge in [-0.25, -0.2) is 0 Å². The summed E-state index contributed by atoms with van der Waals surface area (Å²) in [4.78, 5) is 0. The fraction of sp³-hybridized carbons (Fsp3) is 0.538. The molecule has 3 nitrogen and oxygen atoms in total. The van der Waals surface area contributed by atoms with Crippen LogP contribution in [0.1, 0.15) is 25.0 Å². The van der Waals surface area contributed by atoms with Gasteiger partial charge in [-0.05, 0) is 23.6 Å². The van der Waals surface area contributed by atoms with Gasteiger partial charge in [0.25, 0.3) is 0 Å². The summed E-state index contributed by atoms with van der Waals surface area (Å²) in [5.41, 5.74) is 8.09. The molecule has 0 radical (unpaired) electrons. The molecule has 16 heavy (non-hydrogen) atoms. The molecule has 0 bridgehead atoms. The third-order valence-corrected chi connectivity index (χ3v) is 2.81. The monoisotopic (exact) mass is 223 g/mol. The van der Waals surface area contributed by atoms with Crippen molar-refractivity contribution in [1.29, 1.82) is 0 Å². The highest BCUT2D eigenvalue weighted by atomic mass is 16.5. The van der Waals surface area contributed by atoms with Crippen molar-refractivity contribution >= 4 is 0 Å². The van der Waals surface area contributed by atoms with Crippen molar-refractivity contribution in [3.05, 3.63) is 29.3 Å². The summed E-state index contributed by atoms with van der Waals surface area (Å²) >= 11 is 0. The molecule has 1 aliphatic rings. The first kappa shape index (κ1) is 13.0. The lowest BCUT2D eigenvalue weighted by molar-refractivity contribution is 0.136. The Morgan fingerprint density at radius 2 is 2.00 bits per heavy atom.